The molecule has 0 fully saturated rings. The molecule has 0 unspecified atom stereocenters. The van der Waals surface area contributed by atoms with Crippen LogP contribution < -0.4 is 5.32 Å². The Morgan fingerprint density at radius 2 is 1.80 bits per heavy atom. The molecule has 25 heavy (non-hydrogen) atoms. The number of anilines is 1. The first-order valence-electron chi connectivity index (χ1n) is 7.02. The van der Waals surface area contributed by atoms with Crippen molar-refractivity contribution in [3.05, 3.63) is 64.2 Å². The van der Waals surface area contributed by atoms with Gasteiger partial charge in [0.1, 0.15) is 0 Å². The number of hydrogen-bond donors (Lipinski definition) is 1. The molecule has 0 aliphatic carbocycles. The van der Waals surface area contributed by atoms with Gasteiger partial charge in [0.15, 0.2) is 6.61 Å². The number of nitro benzene ring substituents is 1. The van der Waals surface area contributed by atoms with Gasteiger partial charge in [-0.2, -0.15) is 0 Å². The van der Waals surface area contributed by atoms with Crippen molar-refractivity contribution < 1.29 is 23.5 Å². The van der Waals surface area contributed by atoms with E-state index in [1.54, 1.807) is 18.2 Å². The lowest BCUT2D eigenvalue weighted by Crippen LogP contribution is -2.21. The van der Waals surface area contributed by atoms with Crippen LogP contribution in [0.3, 0.4) is 0 Å². The average Bonchev–Trinajstić information content (AvgIpc) is 2.60. The summed E-state index contributed by atoms with van der Waals surface area (Å²) in [6.07, 6.45) is 1.44. The zero-order valence-electron chi connectivity index (χ0n) is 13.1. The lowest BCUT2D eigenvalue weighted by molar-refractivity contribution is -0.384. The van der Waals surface area contributed by atoms with Crippen molar-refractivity contribution in [2.75, 3.05) is 18.2 Å². The van der Waals surface area contributed by atoms with E-state index in [2.05, 4.69) is 5.32 Å². The van der Waals surface area contributed by atoms with Gasteiger partial charge >= 0.3 is 5.97 Å². The Balaban J connectivity index is 1.95. The summed E-state index contributed by atoms with van der Waals surface area (Å²) in [5, 5.41) is 13.0. The number of non-ortho nitro benzene ring substituents is 1. The van der Waals surface area contributed by atoms with Crippen LogP contribution in [0.5, 0.6) is 0 Å². The minimum Gasteiger partial charge on any atom is -0.452 e. The van der Waals surface area contributed by atoms with Crippen LogP contribution >= 0.6 is 0 Å². The Morgan fingerprint density at radius 3 is 2.40 bits per heavy atom. The van der Waals surface area contributed by atoms with Crippen molar-refractivity contribution in [3.8, 4) is 0 Å². The van der Waals surface area contributed by atoms with Gasteiger partial charge in [0.05, 0.1) is 26.2 Å². The van der Waals surface area contributed by atoms with Crippen LogP contribution in [0.15, 0.2) is 53.4 Å². The molecule has 0 aromatic heterocycles. The molecule has 9 heteroatoms. The molecule has 0 radical (unpaired) electrons. The van der Waals surface area contributed by atoms with Gasteiger partial charge in [-0.3, -0.25) is 19.1 Å². The van der Waals surface area contributed by atoms with Crippen LogP contribution in [0.2, 0.25) is 0 Å². The number of ether oxygens (including phenoxy) is 1. The summed E-state index contributed by atoms with van der Waals surface area (Å²) in [7, 11) is -1.37. The number of hydrogen-bond acceptors (Lipinski definition) is 6. The largest absolute Gasteiger partial charge is 0.452 e. The highest BCUT2D eigenvalue weighted by molar-refractivity contribution is 7.84. The number of carbonyl (C=O) groups is 2. The quantitative estimate of drug-likeness (QED) is 0.478. The molecule has 0 saturated heterocycles. The van der Waals surface area contributed by atoms with E-state index >= 15 is 0 Å². The van der Waals surface area contributed by atoms with Gasteiger partial charge in [-0.25, -0.2) is 4.79 Å². The molecule has 0 aliphatic rings. The smallest absolute Gasteiger partial charge is 0.339 e. The monoisotopic (exact) mass is 362 g/mol. The maximum absolute atomic E-state index is 12.0. The minimum absolute atomic E-state index is 0.103. The molecular formula is C16H14N2O6S. The number of amides is 1. The summed E-state index contributed by atoms with van der Waals surface area (Å²) in [4.78, 5) is 34.2. The van der Waals surface area contributed by atoms with Gasteiger partial charge in [-0.1, -0.05) is 12.1 Å². The number of nitro groups is 1. The van der Waals surface area contributed by atoms with E-state index in [-0.39, 0.29) is 11.3 Å². The first-order chi connectivity index (χ1) is 11.9. The van der Waals surface area contributed by atoms with Crippen LogP contribution in [-0.2, 0) is 20.3 Å². The molecule has 0 spiro atoms. The topological polar surface area (TPSA) is 116 Å². The third-order valence-electron chi connectivity index (χ3n) is 3.11. The molecule has 130 valence electrons. The highest BCUT2D eigenvalue weighted by Crippen LogP contribution is 2.16. The lowest BCUT2D eigenvalue weighted by atomic mass is 10.2. The van der Waals surface area contributed by atoms with Gasteiger partial charge in [0.25, 0.3) is 11.6 Å². The van der Waals surface area contributed by atoms with Crippen molar-refractivity contribution in [1.82, 2.24) is 0 Å². The first-order valence-corrected chi connectivity index (χ1v) is 8.58. The van der Waals surface area contributed by atoms with E-state index in [1.807, 2.05) is 0 Å². The van der Waals surface area contributed by atoms with Crippen LogP contribution in [0, 0.1) is 10.1 Å². The first kappa shape index (κ1) is 18.3. The molecule has 8 nitrogen and oxygen atoms in total. The second kappa shape index (κ2) is 8.15. The predicted molar refractivity (Wildman–Crippen MR) is 90.8 cm³/mol. The van der Waals surface area contributed by atoms with Gasteiger partial charge in [0.2, 0.25) is 0 Å². The zero-order valence-corrected chi connectivity index (χ0v) is 13.9. The summed E-state index contributed by atoms with van der Waals surface area (Å²) in [5.41, 5.74) is 0.363. The number of nitrogens with zero attached hydrogens (tertiary/aromatic N) is 1. The third kappa shape index (κ3) is 4.95. The maximum atomic E-state index is 12.0. The normalized spacial score (nSPS) is 11.4. The van der Waals surface area contributed by atoms with Crippen LogP contribution in [0.1, 0.15) is 10.4 Å². The average molecular weight is 362 g/mol. The van der Waals surface area contributed by atoms with E-state index in [0.717, 1.165) is 0 Å². The summed E-state index contributed by atoms with van der Waals surface area (Å²) in [6, 6.07) is 11.5. The fourth-order valence-electron chi connectivity index (χ4n) is 1.96. The van der Waals surface area contributed by atoms with Gasteiger partial charge in [-0.15, -0.1) is 0 Å². The van der Waals surface area contributed by atoms with E-state index in [1.165, 1.54) is 36.6 Å². The molecule has 2 aromatic carbocycles. The predicted octanol–water partition coefficient (Wildman–Crippen LogP) is 2.13. The molecule has 1 atom stereocenters. The fourth-order valence-corrected chi connectivity index (χ4v) is 2.69. The number of nitrogens with one attached hydrogen (secondary N) is 1. The summed E-state index contributed by atoms with van der Waals surface area (Å²) < 4.78 is 16.5. The summed E-state index contributed by atoms with van der Waals surface area (Å²) in [5.74, 6) is -1.36. The fraction of sp³-hybridized carbons (Fsp3) is 0.125. The maximum Gasteiger partial charge on any atom is 0.339 e. The third-order valence-corrected chi connectivity index (χ3v) is 4.09. The Kier molecular flexibility index (Phi) is 5.96. The van der Waals surface area contributed by atoms with Crippen molar-refractivity contribution in [1.29, 1.82) is 0 Å². The van der Waals surface area contributed by atoms with E-state index in [0.29, 0.717) is 10.6 Å². The molecular weight excluding hydrogens is 348 g/mol. The van der Waals surface area contributed by atoms with E-state index in [9.17, 15) is 23.9 Å². The summed E-state index contributed by atoms with van der Waals surface area (Å²) >= 11 is 0. The van der Waals surface area contributed by atoms with E-state index in [4.69, 9.17) is 4.74 Å². The van der Waals surface area contributed by atoms with Gasteiger partial charge < -0.3 is 10.1 Å². The summed E-state index contributed by atoms with van der Waals surface area (Å²) in [6.45, 7) is -0.541. The molecule has 2 rings (SSSR count). The molecule has 0 bridgehead atoms. The molecule has 0 saturated carbocycles. The molecule has 0 aliphatic heterocycles. The zero-order chi connectivity index (χ0) is 18.4. The SMILES string of the molecule is C[S@@](=O)c1ccccc1C(=O)OCC(=O)Nc1ccc([N+](=O)[O-])cc1. The van der Waals surface area contributed by atoms with Crippen molar-refractivity contribution in [2.24, 2.45) is 0 Å². The van der Waals surface area contributed by atoms with Crippen molar-refractivity contribution in [2.45, 2.75) is 4.90 Å². The lowest BCUT2D eigenvalue weighted by Gasteiger charge is -2.08. The highest BCUT2D eigenvalue weighted by atomic mass is 32.2. The number of rotatable bonds is 6. The van der Waals surface area contributed by atoms with Crippen LogP contribution in [0.4, 0.5) is 11.4 Å². The Labute approximate surface area is 145 Å². The van der Waals surface area contributed by atoms with Crippen LogP contribution in [0.25, 0.3) is 0 Å². The standard InChI is InChI=1S/C16H14N2O6S/c1-25(23)14-5-3-2-4-13(14)16(20)24-10-15(19)17-11-6-8-12(9-7-11)18(21)22/h2-9H,10H2,1H3,(H,17,19)/t25-/m1/s1. The number of carbonyl (C=O) groups excluding carboxylic acids is 2. The van der Waals surface area contributed by atoms with E-state index < -0.39 is 34.2 Å². The van der Waals surface area contributed by atoms with Crippen molar-refractivity contribution in [3.63, 3.8) is 0 Å². The van der Waals surface area contributed by atoms with Crippen LogP contribution in [-0.4, -0.2) is 33.9 Å². The molecule has 2 aromatic rings. The van der Waals surface area contributed by atoms with Gasteiger partial charge in [-0.05, 0) is 24.3 Å². The second-order valence-corrected chi connectivity index (χ2v) is 6.23. The molecule has 0 heterocycles. The number of esters is 1. The number of benzene rings is 2. The highest BCUT2D eigenvalue weighted by Gasteiger charge is 2.16. The molecule has 1 amide bonds. The Bertz CT molecular complexity index is 835. The minimum atomic E-state index is -1.37. The van der Waals surface area contributed by atoms with Gasteiger partial charge in [0, 0.05) is 24.1 Å². The Morgan fingerprint density at radius 1 is 1.16 bits per heavy atom. The Hall–Kier alpha value is -3.07. The molecule has 1 N–H and O–H groups in total. The second-order valence-electron chi connectivity index (χ2n) is 4.88. The van der Waals surface area contributed by atoms with Crippen molar-refractivity contribution >= 4 is 34.1 Å².